The first-order chi connectivity index (χ1) is 9.42. The molecule has 1 aromatic heterocycles. The minimum Gasteiger partial charge on any atom is -0.372 e. The smallest absolute Gasteiger partial charge is 0.0564 e. The second-order valence-corrected chi connectivity index (χ2v) is 5.14. The van der Waals surface area contributed by atoms with Crippen LogP contribution in [0.2, 0.25) is 0 Å². The van der Waals surface area contributed by atoms with Gasteiger partial charge in [-0.3, -0.25) is 4.68 Å². The number of aromatic nitrogens is 1. The van der Waals surface area contributed by atoms with Gasteiger partial charge in [0.1, 0.15) is 0 Å². The van der Waals surface area contributed by atoms with Crippen LogP contribution in [-0.4, -0.2) is 17.8 Å². The van der Waals surface area contributed by atoms with E-state index in [1.807, 2.05) is 29.2 Å². The molecule has 3 rings (SSSR count). The van der Waals surface area contributed by atoms with E-state index in [1.165, 1.54) is 43.6 Å². The van der Waals surface area contributed by atoms with E-state index in [0.717, 1.165) is 6.54 Å². The van der Waals surface area contributed by atoms with E-state index >= 15 is 0 Å². The van der Waals surface area contributed by atoms with Crippen molar-refractivity contribution in [1.82, 2.24) is 4.68 Å². The fourth-order valence-corrected chi connectivity index (χ4v) is 2.60. The lowest BCUT2D eigenvalue weighted by Gasteiger charge is -2.28. The molecule has 3 heteroatoms. The maximum Gasteiger partial charge on any atom is 0.0564 e. The van der Waals surface area contributed by atoms with Crippen molar-refractivity contribution in [1.29, 1.82) is 0 Å². The number of benzene rings is 1. The van der Waals surface area contributed by atoms with Gasteiger partial charge in [0.25, 0.3) is 0 Å². The monoisotopic (exact) mass is 255 g/mol. The molecule has 0 atom stereocenters. The number of rotatable bonds is 4. The SMILES string of the molecule is c1ccn(NCc2ccc(N3CCCCC3)cc2)c1. The Labute approximate surface area is 114 Å². The maximum absolute atomic E-state index is 3.34. The third-order valence-electron chi connectivity index (χ3n) is 3.73. The Bertz CT molecular complexity index is 481. The van der Waals surface area contributed by atoms with Crippen molar-refractivity contribution in [3.63, 3.8) is 0 Å². The average molecular weight is 255 g/mol. The fourth-order valence-electron chi connectivity index (χ4n) is 2.60. The quantitative estimate of drug-likeness (QED) is 0.905. The van der Waals surface area contributed by atoms with Crippen LogP contribution in [0.25, 0.3) is 0 Å². The minimum absolute atomic E-state index is 0.856. The molecule has 1 saturated heterocycles. The summed E-state index contributed by atoms with van der Waals surface area (Å²) in [6.45, 7) is 3.27. The maximum atomic E-state index is 3.34. The summed E-state index contributed by atoms with van der Waals surface area (Å²) in [7, 11) is 0. The third kappa shape index (κ3) is 3.11. The number of nitrogens with one attached hydrogen (secondary N) is 1. The number of nitrogens with zero attached hydrogens (tertiary/aromatic N) is 2. The van der Waals surface area contributed by atoms with E-state index in [-0.39, 0.29) is 0 Å². The van der Waals surface area contributed by atoms with Gasteiger partial charge in [-0.25, -0.2) is 0 Å². The van der Waals surface area contributed by atoms with Gasteiger partial charge in [0.15, 0.2) is 0 Å². The summed E-state index contributed by atoms with van der Waals surface area (Å²) in [5, 5.41) is 0. The van der Waals surface area contributed by atoms with Crippen molar-refractivity contribution in [2.45, 2.75) is 25.8 Å². The van der Waals surface area contributed by atoms with Crippen molar-refractivity contribution in [3.8, 4) is 0 Å². The lowest BCUT2D eigenvalue weighted by molar-refractivity contribution is 0.578. The first kappa shape index (κ1) is 12.2. The Balaban J connectivity index is 1.58. The molecular formula is C16H21N3. The topological polar surface area (TPSA) is 20.2 Å². The summed E-state index contributed by atoms with van der Waals surface area (Å²) in [4.78, 5) is 2.49. The molecule has 2 aromatic rings. The molecular weight excluding hydrogens is 234 g/mol. The molecule has 1 fully saturated rings. The summed E-state index contributed by atoms with van der Waals surface area (Å²) in [6, 6.07) is 13.0. The molecule has 100 valence electrons. The number of hydrogen-bond donors (Lipinski definition) is 1. The molecule has 0 spiro atoms. The molecule has 0 radical (unpaired) electrons. The number of piperidine rings is 1. The number of anilines is 1. The van der Waals surface area contributed by atoms with Crippen LogP contribution in [0.15, 0.2) is 48.8 Å². The highest BCUT2D eigenvalue weighted by Crippen LogP contribution is 2.20. The highest BCUT2D eigenvalue weighted by molar-refractivity contribution is 5.48. The van der Waals surface area contributed by atoms with Crippen LogP contribution in [0.5, 0.6) is 0 Å². The van der Waals surface area contributed by atoms with Gasteiger partial charge in [-0.2, -0.15) is 0 Å². The molecule has 0 aliphatic carbocycles. The van der Waals surface area contributed by atoms with E-state index in [9.17, 15) is 0 Å². The van der Waals surface area contributed by atoms with Crippen molar-refractivity contribution < 1.29 is 0 Å². The van der Waals surface area contributed by atoms with Gasteiger partial charge in [-0.15, -0.1) is 0 Å². The summed E-state index contributed by atoms with van der Waals surface area (Å²) in [5.74, 6) is 0. The standard InChI is InChI=1S/C16H21N3/c1-2-10-18(11-3-1)16-8-6-15(7-9-16)14-17-19-12-4-5-13-19/h4-9,12-13,17H,1-3,10-11,14H2. The normalized spacial score (nSPS) is 15.5. The molecule has 3 nitrogen and oxygen atoms in total. The summed E-state index contributed by atoms with van der Waals surface area (Å²) < 4.78 is 1.98. The molecule has 1 N–H and O–H groups in total. The Hall–Kier alpha value is -1.90. The highest BCUT2D eigenvalue weighted by atomic mass is 15.4. The van der Waals surface area contributed by atoms with Crippen LogP contribution in [0, 0.1) is 0 Å². The van der Waals surface area contributed by atoms with E-state index in [4.69, 9.17) is 0 Å². The predicted molar refractivity (Wildman–Crippen MR) is 80.0 cm³/mol. The first-order valence-corrected chi connectivity index (χ1v) is 7.12. The van der Waals surface area contributed by atoms with E-state index in [0.29, 0.717) is 0 Å². The van der Waals surface area contributed by atoms with Crippen LogP contribution in [-0.2, 0) is 6.54 Å². The van der Waals surface area contributed by atoms with Gasteiger partial charge >= 0.3 is 0 Å². The molecule has 1 aliphatic rings. The largest absolute Gasteiger partial charge is 0.372 e. The van der Waals surface area contributed by atoms with E-state index in [2.05, 4.69) is 34.6 Å². The molecule has 1 aromatic carbocycles. The third-order valence-corrected chi connectivity index (χ3v) is 3.73. The molecule has 1 aliphatic heterocycles. The summed E-state index contributed by atoms with van der Waals surface area (Å²) >= 11 is 0. The van der Waals surface area contributed by atoms with Crippen molar-refractivity contribution >= 4 is 5.69 Å². The summed E-state index contributed by atoms with van der Waals surface area (Å²) in [5.41, 5.74) is 6.02. The van der Waals surface area contributed by atoms with E-state index < -0.39 is 0 Å². The predicted octanol–water partition coefficient (Wildman–Crippen LogP) is 3.22. The number of hydrogen-bond acceptors (Lipinski definition) is 2. The average Bonchev–Trinajstić information content (AvgIpc) is 3.00. The van der Waals surface area contributed by atoms with Gasteiger partial charge in [0, 0.05) is 31.2 Å². The Morgan fingerprint density at radius 3 is 2.26 bits per heavy atom. The van der Waals surface area contributed by atoms with Crippen LogP contribution in [0.3, 0.4) is 0 Å². The Morgan fingerprint density at radius 1 is 0.895 bits per heavy atom. The molecule has 2 heterocycles. The van der Waals surface area contributed by atoms with Gasteiger partial charge in [0.05, 0.1) is 6.54 Å². The zero-order valence-electron chi connectivity index (χ0n) is 11.3. The van der Waals surface area contributed by atoms with Crippen LogP contribution < -0.4 is 10.3 Å². The van der Waals surface area contributed by atoms with Crippen molar-refractivity contribution in [2.75, 3.05) is 23.4 Å². The van der Waals surface area contributed by atoms with Crippen LogP contribution >= 0.6 is 0 Å². The van der Waals surface area contributed by atoms with Crippen LogP contribution in [0.1, 0.15) is 24.8 Å². The van der Waals surface area contributed by atoms with Gasteiger partial charge in [0.2, 0.25) is 0 Å². The van der Waals surface area contributed by atoms with Crippen LogP contribution in [0.4, 0.5) is 5.69 Å². The molecule has 0 bridgehead atoms. The van der Waals surface area contributed by atoms with Crippen molar-refractivity contribution in [2.24, 2.45) is 0 Å². The molecule has 0 amide bonds. The Morgan fingerprint density at radius 2 is 1.58 bits per heavy atom. The van der Waals surface area contributed by atoms with E-state index in [1.54, 1.807) is 0 Å². The Kier molecular flexibility index (Phi) is 3.73. The molecule has 0 saturated carbocycles. The van der Waals surface area contributed by atoms with Crippen molar-refractivity contribution in [3.05, 3.63) is 54.4 Å². The molecule has 0 unspecified atom stereocenters. The lowest BCUT2D eigenvalue weighted by atomic mass is 10.1. The second kappa shape index (κ2) is 5.83. The van der Waals surface area contributed by atoms with Gasteiger partial charge in [-0.1, -0.05) is 12.1 Å². The summed E-state index contributed by atoms with van der Waals surface area (Å²) in [6.07, 6.45) is 8.08. The fraction of sp³-hybridized carbons (Fsp3) is 0.375. The minimum atomic E-state index is 0.856. The zero-order chi connectivity index (χ0) is 12.9. The second-order valence-electron chi connectivity index (χ2n) is 5.14. The zero-order valence-corrected chi connectivity index (χ0v) is 11.3. The highest BCUT2D eigenvalue weighted by Gasteiger charge is 2.10. The lowest BCUT2D eigenvalue weighted by Crippen LogP contribution is -2.29. The van der Waals surface area contributed by atoms with Gasteiger partial charge < -0.3 is 10.3 Å². The van der Waals surface area contributed by atoms with Gasteiger partial charge in [-0.05, 0) is 49.1 Å². The first-order valence-electron chi connectivity index (χ1n) is 7.12. The molecule has 19 heavy (non-hydrogen) atoms.